The fourth-order valence-corrected chi connectivity index (χ4v) is 3.76. The molecule has 25 heavy (non-hydrogen) atoms. The van der Waals surface area contributed by atoms with Crippen LogP contribution in [-0.2, 0) is 0 Å². The minimum atomic E-state index is 0.549. The Morgan fingerprint density at radius 1 is 1.32 bits per heavy atom. The van der Waals surface area contributed by atoms with Crippen molar-refractivity contribution in [3.05, 3.63) is 65.1 Å². The van der Waals surface area contributed by atoms with Gasteiger partial charge in [-0.15, -0.1) is 0 Å². The Morgan fingerprint density at radius 2 is 2.16 bits per heavy atom. The molecular weight excluding hydrogens is 544 g/mol. The predicted octanol–water partition coefficient (Wildman–Crippen LogP) is 3.81. The summed E-state index contributed by atoms with van der Waals surface area (Å²) in [5.74, 6) is 1.86. The maximum atomic E-state index is 5.37. The molecule has 7 nitrogen and oxygen atoms in total. The number of anilines is 2. The highest BCUT2D eigenvalue weighted by molar-refractivity contribution is 14.1. The summed E-state index contributed by atoms with van der Waals surface area (Å²) in [5.41, 5.74) is 7.13. The monoisotopic (exact) mass is 557 g/mol. The van der Waals surface area contributed by atoms with E-state index in [1.165, 1.54) is 6.20 Å². The molecule has 3 rings (SSSR count). The van der Waals surface area contributed by atoms with Gasteiger partial charge in [0.05, 0.1) is 33.8 Å². The Morgan fingerprint density at radius 3 is 2.92 bits per heavy atom. The summed E-state index contributed by atoms with van der Waals surface area (Å²) in [6.45, 7) is 3.78. The third-order valence-electron chi connectivity index (χ3n) is 3.26. The molecule has 0 saturated carbocycles. The molecule has 0 bridgehead atoms. The zero-order valence-electron chi connectivity index (χ0n) is 12.9. The topological polar surface area (TPSA) is 94.5 Å². The van der Waals surface area contributed by atoms with Crippen molar-refractivity contribution in [3.8, 4) is 0 Å². The van der Waals surface area contributed by atoms with Gasteiger partial charge in [-0.05, 0) is 47.0 Å². The number of nitrogens with one attached hydrogen (secondary N) is 1. The highest BCUT2D eigenvalue weighted by Crippen LogP contribution is 2.24. The van der Waals surface area contributed by atoms with Crippen molar-refractivity contribution in [2.45, 2.75) is 0 Å². The first-order valence-corrected chi connectivity index (χ1v) is 9.18. The number of halogens is 2. The van der Waals surface area contributed by atoms with Crippen LogP contribution in [0.2, 0.25) is 0 Å². The minimum Gasteiger partial charge on any atom is -0.405 e. The van der Waals surface area contributed by atoms with Crippen molar-refractivity contribution < 1.29 is 0 Å². The zero-order valence-corrected chi connectivity index (χ0v) is 17.2. The molecule has 0 amide bonds. The lowest BCUT2D eigenvalue weighted by Gasteiger charge is -2.07. The Balaban J connectivity index is 1.92. The number of pyridine rings is 1. The largest absolute Gasteiger partial charge is 0.405 e. The lowest BCUT2D eigenvalue weighted by atomic mass is 10.2. The Hall–Kier alpha value is -2.02. The number of aromatic nitrogens is 5. The van der Waals surface area contributed by atoms with Crippen LogP contribution >= 0.6 is 45.5 Å². The highest BCUT2D eigenvalue weighted by Gasteiger charge is 2.09. The standard InChI is InChI=1S/C16H13I2N7/c1-2-10(4-3-6-19)16-20-7-5-13(23-16)22-14-8-12-11(9-21-14)15(17)24-25(12)18/h2-9H,1,19H2,(H,20,21,22,23)/b6-3-,10-4+. The van der Waals surface area contributed by atoms with Crippen molar-refractivity contribution in [1.82, 2.24) is 22.9 Å². The normalized spacial score (nSPS) is 12.0. The van der Waals surface area contributed by atoms with Crippen molar-refractivity contribution in [2.75, 3.05) is 5.32 Å². The van der Waals surface area contributed by atoms with Gasteiger partial charge in [-0.2, -0.15) is 5.10 Å². The van der Waals surface area contributed by atoms with Crippen molar-refractivity contribution in [1.29, 1.82) is 0 Å². The van der Waals surface area contributed by atoms with Crippen molar-refractivity contribution in [3.63, 3.8) is 0 Å². The van der Waals surface area contributed by atoms with Crippen LogP contribution in [0.15, 0.2) is 55.5 Å². The molecule has 0 radical (unpaired) electrons. The molecule has 3 heterocycles. The molecule has 0 saturated heterocycles. The third-order valence-corrected chi connectivity index (χ3v) is 4.79. The van der Waals surface area contributed by atoms with E-state index < -0.39 is 0 Å². The van der Waals surface area contributed by atoms with Crippen LogP contribution in [-0.4, -0.2) is 22.9 Å². The second-order valence-electron chi connectivity index (χ2n) is 4.84. The van der Waals surface area contributed by atoms with Gasteiger partial charge in [0.1, 0.15) is 15.3 Å². The highest BCUT2D eigenvalue weighted by atomic mass is 127. The number of allylic oxidation sites excluding steroid dienone is 4. The van der Waals surface area contributed by atoms with E-state index in [4.69, 9.17) is 5.73 Å². The summed E-state index contributed by atoms with van der Waals surface area (Å²) in [7, 11) is 0. The lowest BCUT2D eigenvalue weighted by molar-refractivity contribution is 1.06. The van der Waals surface area contributed by atoms with Crippen molar-refractivity contribution in [2.24, 2.45) is 5.73 Å². The SMILES string of the molecule is C=C/C(=C\C=C/N)c1nccc(Nc2cc3c(cn2)c(I)nn3I)n1. The molecule has 126 valence electrons. The number of nitrogens with zero attached hydrogens (tertiary/aromatic N) is 5. The van der Waals surface area contributed by atoms with E-state index >= 15 is 0 Å². The molecule has 3 aromatic rings. The van der Waals surface area contributed by atoms with E-state index in [1.807, 2.05) is 6.07 Å². The maximum Gasteiger partial charge on any atom is 0.161 e. The second-order valence-corrected chi connectivity index (χ2v) is 6.77. The molecule has 0 aromatic carbocycles. The molecule has 3 aromatic heterocycles. The Labute approximate surface area is 171 Å². The number of rotatable bonds is 5. The molecule has 3 N–H and O–H groups in total. The maximum absolute atomic E-state index is 5.37. The molecule has 0 aliphatic heterocycles. The van der Waals surface area contributed by atoms with Gasteiger partial charge in [-0.3, -0.25) is 0 Å². The van der Waals surface area contributed by atoms with Crippen LogP contribution in [0.1, 0.15) is 5.82 Å². The molecule has 0 aliphatic rings. The van der Waals surface area contributed by atoms with E-state index in [1.54, 1.807) is 39.6 Å². The predicted molar refractivity (Wildman–Crippen MR) is 116 cm³/mol. The van der Waals surface area contributed by atoms with Crippen LogP contribution in [0.25, 0.3) is 16.5 Å². The summed E-state index contributed by atoms with van der Waals surface area (Å²) in [4.78, 5) is 13.2. The van der Waals surface area contributed by atoms with Gasteiger partial charge >= 0.3 is 0 Å². The quantitative estimate of drug-likeness (QED) is 0.367. The van der Waals surface area contributed by atoms with Gasteiger partial charge in [-0.25, -0.2) is 17.8 Å². The van der Waals surface area contributed by atoms with Gasteiger partial charge in [0.25, 0.3) is 0 Å². The van der Waals surface area contributed by atoms with Gasteiger partial charge in [0, 0.05) is 24.0 Å². The summed E-state index contributed by atoms with van der Waals surface area (Å²) in [6, 6.07) is 3.71. The van der Waals surface area contributed by atoms with Crippen LogP contribution < -0.4 is 11.1 Å². The molecule has 0 fully saturated rings. The molecular formula is C16H13I2N7. The van der Waals surface area contributed by atoms with Crippen LogP contribution in [0.4, 0.5) is 11.6 Å². The zero-order chi connectivity index (χ0) is 17.8. The van der Waals surface area contributed by atoms with E-state index in [0.29, 0.717) is 17.5 Å². The number of hydrogen-bond acceptors (Lipinski definition) is 6. The summed E-state index contributed by atoms with van der Waals surface area (Å²) < 4.78 is 2.71. The molecule has 0 atom stereocenters. The average Bonchev–Trinajstić information content (AvgIpc) is 2.90. The fraction of sp³-hybridized carbons (Fsp3) is 0. The molecule has 0 aliphatic carbocycles. The summed E-state index contributed by atoms with van der Waals surface area (Å²) >= 11 is 4.34. The van der Waals surface area contributed by atoms with Crippen LogP contribution in [0, 0.1) is 3.70 Å². The molecule has 0 spiro atoms. The van der Waals surface area contributed by atoms with Gasteiger partial charge in [0.15, 0.2) is 5.82 Å². The molecule has 9 heteroatoms. The van der Waals surface area contributed by atoms with E-state index in [2.05, 4.69) is 77.4 Å². The first-order valence-electron chi connectivity index (χ1n) is 7.14. The Bertz CT molecular complexity index is 991. The lowest BCUT2D eigenvalue weighted by Crippen LogP contribution is -2.00. The smallest absolute Gasteiger partial charge is 0.161 e. The fourth-order valence-electron chi connectivity index (χ4n) is 2.10. The van der Waals surface area contributed by atoms with Gasteiger partial charge in [0.2, 0.25) is 0 Å². The second kappa shape index (κ2) is 7.91. The third kappa shape index (κ3) is 3.98. The van der Waals surface area contributed by atoms with Gasteiger partial charge in [-0.1, -0.05) is 12.7 Å². The minimum absolute atomic E-state index is 0.549. The number of fused-ring (bicyclic) bond motifs is 1. The molecule has 0 unspecified atom stereocenters. The van der Waals surface area contributed by atoms with Crippen LogP contribution in [0.5, 0.6) is 0 Å². The number of nitrogens with two attached hydrogens (primary N) is 1. The van der Waals surface area contributed by atoms with E-state index in [9.17, 15) is 0 Å². The van der Waals surface area contributed by atoms with Crippen molar-refractivity contribution >= 4 is 73.6 Å². The first kappa shape index (κ1) is 17.8. The Kier molecular flexibility index (Phi) is 5.63. The average molecular weight is 557 g/mol. The van der Waals surface area contributed by atoms with Gasteiger partial charge < -0.3 is 11.1 Å². The number of hydrogen-bond donors (Lipinski definition) is 2. The summed E-state index contributed by atoms with van der Waals surface area (Å²) in [6.07, 6.45) is 10.1. The first-order chi connectivity index (χ1) is 12.1. The van der Waals surface area contributed by atoms with E-state index in [-0.39, 0.29) is 0 Å². The summed E-state index contributed by atoms with van der Waals surface area (Å²) in [5, 5.41) is 8.58. The van der Waals surface area contributed by atoms with Crippen LogP contribution in [0.3, 0.4) is 0 Å². The van der Waals surface area contributed by atoms with E-state index in [0.717, 1.165) is 20.2 Å².